The van der Waals surface area contributed by atoms with Crippen LogP contribution in [0.15, 0.2) is 53.4 Å². The summed E-state index contributed by atoms with van der Waals surface area (Å²) >= 11 is 0. The summed E-state index contributed by atoms with van der Waals surface area (Å²) in [4.78, 5) is 12.0. The molecule has 0 heterocycles. The number of rotatable bonds is 7. The van der Waals surface area contributed by atoms with Crippen molar-refractivity contribution in [2.75, 3.05) is 11.9 Å². The van der Waals surface area contributed by atoms with Gasteiger partial charge in [-0.2, -0.15) is 5.26 Å². The van der Waals surface area contributed by atoms with Crippen molar-refractivity contribution in [1.82, 2.24) is 4.72 Å². The third-order valence-electron chi connectivity index (χ3n) is 3.17. The number of amides is 1. The highest BCUT2D eigenvalue weighted by Crippen LogP contribution is 2.16. The molecule has 2 rings (SSSR count). The minimum Gasteiger partial charge on any atom is -0.484 e. The van der Waals surface area contributed by atoms with E-state index >= 15 is 0 Å². The third-order valence-corrected chi connectivity index (χ3v) is 4.84. The van der Waals surface area contributed by atoms with Crippen LogP contribution in [0.4, 0.5) is 5.69 Å². The summed E-state index contributed by atoms with van der Waals surface area (Å²) in [5.74, 6) is -0.0207. The first kappa shape index (κ1) is 19.4. The van der Waals surface area contributed by atoms with Gasteiger partial charge in [-0.3, -0.25) is 4.79 Å². The first-order valence-corrected chi connectivity index (χ1v) is 9.33. The van der Waals surface area contributed by atoms with Gasteiger partial charge in [0.05, 0.1) is 16.5 Å². The van der Waals surface area contributed by atoms with Crippen LogP contribution in [0.3, 0.4) is 0 Å². The molecule has 0 aliphatic rings. The molecular weight excluding hydrogens is 354 g/mol. The number of benzene rings is 2. The number of ether oxygens (including phenoxy) is 1. The molecule has 0 aromatic heterocycles. The molecule has 0 aliphatic heterocycles. The number of sulfonamides is 1. The topological polar surface area (TPSA) is 108 Å². The average Bonchev–Trinajstić information content (AvgIpc) is 2.59. The fourth-order valence-corrected chi connectivity index (χ4v) is 3.36. The summed E-state index contributed by atoms with van der Waals surface area (Å²) in [5.41, 5.74) is 0.939. The quantitative estimate of drug-likeness (QED) is 0.774. The Balaban J connectivity index is 1.93. The molecule has 0 aliphatic carbocycles. The number of nitrogens with one attached hydrogen (secondary N) is 2. The van der Waals surface area contributed by atoms with E-state index in [-0.39, 0.29) is 17.5 Å². The number of anilines is 1. The van der Waals surface area contributed by atoms with Crippen LogP contribution in [-0.4, -0.2) is 27.0 Å². The number of hydrogen-bond donors (Lipinski definition) is 2. The number of carbonyl (C=O) groups excluding carboxylic acids is 1. The maximum Gasteiger partial charge on any atom is 0.262 e. The van der Waals surface area contributed by atoms with Crippen LogP contribution in [0.25, 0.3) is 0 Å². The highest BCUT2D eigenvalue weighted by Gasteiger charge is 2.15. The number of nitrogens with zero attached hydrogens (tertiary/aromatic N) is 1. The van der Waals surface area contributed by atoms with Gasteiger partial charge >= 0.3 is 0 Å². The van der Waals surface area contributed by atoms with E-state index in [0.29, 0.717) is 17.0 Å². The van der Waals surface area contributed by atoms with Gasteiger partial charge in [-0.1, -0.05) is 6.07 Å². The first-order valence-electron chi connectivity index (χ1n) is 7.85. The fraction of sp³-hybridized carbons (Fsp3) is 0.222. The average molecular weight is 373 g/mol. The lowest BCUT2D eigenvalue weighted by molar-refractivity contribution is -0.118. The van der Waals surface area contributed by atoms with E-state index in [9.17, 15) is 13.2 Å². The Morgan fingerprint density at radius 2 is 1.88 bits per heavy atom. The van der Waals surface area contributed by atoms with E-state index in [1.165, 1.54) is 24.3 Å². The Labute approximate surface area is 152 Å². The van der Waals surface area contributed by atoms with Crippen LogP contribution in [-0.2, 0) is 14.8 Å². The van der Waals surface area contributed by atoms with Crippen molar-refractivity contribution in [3.63, 3.8) is 0 Å². The first-order chi connectivity index (χ1) is 12.3. The van der Waals surface area contributed by atoms with Gasteiger partial charge in [0.2, 0.25) is 10.0 Å². The molecule has 0 unspecified atom stereocenters. The highest BCUT2D eigenvalue weighted by molar-refractivity contribution is 7.89. The maximum absolute atomic E-state index is 12.0. The van der Waals surface area contributed by atoms with Crippen molar-refractivity contribution >= 4 is 21.6 Å². The summed E-state index contributed by atoms with van der Waals surface area (Å²) in [6, 6.07) is 14.1. The lowest BCUT2D eigenvalue weighted by atomic mass is 10.2. The number of carbonyl (C=O) groups is 1. The van der Waals surface area contributed by atoms with E-state index in [1.807, 2.05) is 6.07 Å². The predicted octanol–water partition coefficient (Wildman–Crippen LogP) is 2.26. The molecule has 2 aromatic rings. The zero-order valence-electron chi connectivity index (χ0n) is 14.4. The van der Waals surface area contributed by atoms with Crippen molar-refractivity contribution in [2.24, 2.45) is 0 Å². The van der Waals surface area contributed by atoms with Crippen LogP contribution in [0.2, 0.25) is 0 Å². The molecule has 0 fully saturated rings. The van der Waals surface area contributed by atoms with Crippen LogP contribution >= 0.6 is 0 Å². The Bertz CT molecular complexity index is 916. The molecule has 0 saturated heterocycles. The monoisotopic (exact) mass is 373 g/mol. The molecule has 26 heavy (non-hydrogen) atoms. The zero-order valence-corrected chi connectivity index (χ0v) is 15.2. The summed E-state index contributed by atoms with van der Waals surface area (Å²) in [6.07, 6.45) is 0. The number of hydrogen-bond acceptors (Lipinski definition) is 5. The molecule has 0 bridgehead atoms. The second-order valence-electron chi connectivity index (χ2n) is 5.78. The Hall–Kier alpha value is -2.89. The number of nitriles is 1. The molecule has 1 amide bonds. The molecule has 7 nitrogen and oxygen atoms in total. The standard InChI is InChI=1S/C18H19N3O4S/c1-13(2)21-26(23,24)17-8-6-16(7-9-17)25-12-18(22)20-15-5-3-4-14(10-15)11-19/h3-10,13,21H,12H2,1-2H3,(H,20,22). The summed E-state index contributed by atoms with van der Waals surface area (Å²) in [6.45, 7) is 3.23. The summed E-state index contributed by atoms with van der Waals surface area (Å²) in [5, 5.41) is 11.5. The lowest BCUT2D eigenvalue weighted by Crippen LogP contribution is -2.30. The van der Waals surface area contributed by atoms with Crippen LogP contribution in [0, 0.1) is 11.3 Å². The zero-order chi connectivity index (χ0) is 19.2. The second kappa shape index (κ2) is 8.47. The SMILES string of the molecule is CC(C)NS(=O)(=O)c1ccc(OCC(=O)Nc2cccc(C#N)c2)cc1. The molecule has 2 aromatic carbocycles. The minimum absolute atomic E-state index is 0.122. The van der Waals surface area contributed by atoms with Crippen molar-refractivity contribution in [3.8, 4) is 11.8 Å². The molecule has 0 radical (unpaired) electrons. The smallest absolute Gasteiger partial charge is 0.262 e. The van der Waals surface area contributed by atoms with Crippen molar-refractivity contribution in [2.45, 2.75) is 24.8 Å². The van der Waals surface area contributed by atoms with E-state index in [2.05, 4.69) is 10.0 Å². The van der Waals surface area contributed by atoms with Crippen LogP contribution < -0.4 is 14.8 Å². The third kappa shape index (κ3) is 5.58. The van der Waals surface area contributed by atoms with E-state index < -0.39 is 15.9 Å². The van der Waals surface area contributed by atoms with Gasteiger partial charge in [-0.25, -0.2) is 13.1 Å². The lowest BCUT2D eigenvalue weighted by Gasteiger charge is -2.11. The van der Waals surface area contributed by atoms with E-state index in [0.717, 1.165) is 0 Å². The Morgan fingerprint density at radius 3 is 2.50 bits per heavy atom. The van der Waals surface area contributed by atoms with E-state index in [1.54, 1.807) is 38.1 Å². The minimum atomic E-state index is -3.57. The maximum atomic E-state index is 12.0. The van der Waals surface area contributed by atoms with Gasteiger partial charge in [0.1, 0.15) is 5.75 Å². The van der Waals surface area contributed by atoms with Gasteiger partial charge in [-0.05, 0) is 56.3 Å². The van der Waals surface area contributed by atoms with Crippen molar-refractivity contribution in [1.29, 1.82) is 5.26 Å². The van der Waals surface area contributed by atoms with Crippen LogP contribution in [0.5, 0.6) is 5.75 Å². The van der Waals surface area contributed by atoms with Gasteiger partial charge in [0, 0.05) is 11.7 Å². The normalized spacial score (nSPS) is 11.0. The highest BCUT2D eigenvalue weighted by atomic mass is 32.2. The molecule has 8 heteroatoms. The van der Waals surface area contributed by atoms with Gasteiger partial charge in [-0.15, -0.1) is 0 Å². The fourth-order valence-electron chi connectivity index (χ4n) is 2.11. The Morgan fingerprint density at radius 1 is 1.19 bits per heavy atom. The van der Waals surface area contributed by atoms with Gasteiger partial charge < -0.3 is 10.1 Å². The largest absolute Gasteiger partial charge is 0.484 e. The van der Waals surface area contributed by atoms with Crippen molar-refractivity contribution in [3.05, 3.63) is 54.1 Å². The molecule has 0 spiro atoms. The second-order valence-corrected chi connectivity index (χ2v) is 7.49. The van der Waals surface area contributed by atoms with Gasteiger partial charge in [0.15, 0.2) is 6.61 Å². The molecule has 0 atom stereocenters. The summed E-state index contributed by atoms with van der Waals surface area (Å²) in [7, 11) is -3.57. The predicted molar refractivity (Wildman–Crippen MR) is 97.2 cm³/mol. The molecule has 136 valence electrons. The Kier molecular flexibility index (Phi) is 6.33. The summed E-state index contributed by atoms with van der Waals surface area (Å²) < 4.78 is 31.9. The van der Waals surface area contributed by atoms with Gasteiger partial charge in [0.25, 0.3) is 5.91 Å². The van der Waals surface area contributed by atoms with Crippen molar-refractivity contribution < 1.29 is 17.9 Å². The molecule has 2 N–H and O–H groups in total. The molecular formula is C18H19N3O4S. The molecule has 0 saturated carbocycles. The van der Waals surface area contributed by atoms with Crippen LogP contribution in [0.1, 0.15) is 19.4 Å². The van der Waals surface area contributed by atoms with E-state index in [4.69, 9.17) is 10.00 Å².